The van der Waals surface area contributed by atoms with E-state index < -0.39 is 0 Å². The van der Waals surface area contributed by atoms with E-state index in [0.29, 0.717) is 5.75 Å². The number of benzene rings is 1. The van der Waals surface area contributed by atoms with Crippen LogP contribution in [0.2, 0.25) is 0 Å². The summed E-state index contributed by atoms with van der Waals surface area (Å²) in [7, 11) is 1.52. The molecule has 1 aromatic heterocycles. The van der Waals surface area contributed by atoms with Crippen molar-refractivity contribution in [2.24, 2.45) is 5.92 Å². The zero-order chi connectivity index (χ0) is 17.6. The lowest BCUT2D eigenvalue weighted by molar-refractivity contribution is 0.160. The summed E-state index contributed by atoms with van der Waals surface area (Å²) in [5.41, 5.74) is 3.78. The molecule has 1 aromatic carbocycles. The second kappa shape index (κ2) is 8.34. The molecule has 4 nitrogen and oxygen atoms in total. The third-order valence-electron chi connectivity index (χ3n) is 5.24. The molecule has 3 rings (SSSR count). The number of methoxy groups -OCH3 is 1. The Morgan fingerprint density at radius 2 is 2.16 bits per heavy atom. The number of ether oxygens (including phenoxy) is 1. The maximum absolute atomic E-state index is 11.9. The number of pyridine rings is 1. The van der Waals surface area contributed by atoms with Crippen molar-refractivity contribution in [2.75, 3.05) is 20.2 Å². The Balaban J connectivity index is 1.55. The second-order valence-electron chi connectivity index (χ2n) is 7.10. The van der Waals surface area contributed by atoms with Crippen molar-refractivity contribution in [1.29, 1.82) is 0 Å². The summed E-state index contributed by atoms with van der Waals surface area (Å²) < 4.78 is 5.03. The van der Waals surface area contributed by atoms with E-state index >= 15 is 0 Å². The molecule has 0 saturated carbocycles. The van der Waals surface area contributed by atoms with Gasteiger partial charge >= 0.3 is 0 Å². The number of aryl methyl sites for hydroxylation is 2. The molecular weight excluding hydrogens is 312 g/mol. The van der Waals surface area contributed by atoms with Crippen LogP contribution in [0.15, 0.2) is 41.3 Å². The van der Waals surface area contributed by atoms with Crippen LogP contribution in [0.1, 0.15) is 36.1 Å². The molecule has 1 aliphatic rings. The van der Waals surface area contributed by atoms with Gasteiger partial charge in [0, 0.05) is 31.0 Å². The van der Waals surface area contributed by atoms with Gasteiger partial charge in [0.2, 0.25) is 5.43 Å². The third kappa shape index (κ3) is 4.73. The highest BCUT2D eigenvalue weighted by Gasteiger charge is 2.20. The topological polar surface area (TPSA) is 45.3 Å². The highest BCUT2D eigenvalue weighted by atomic mass is 16.5. The van der Waals surface area contributed by atoms with E-state index in [-0.39, 0.29) is 5.43 Å². The molecule has 0 bridgehead atoms. The van der Waals surface area contributed by atoms with E-state index in [4.69, 9.17) is 4.74 Å². The summed E-state index contributed by atoms with van der Waals surface area (Å²) in [4.78, 5) is 17.6. The van der Waals surface area contributed by atoms with Gasteiger partial charge in [-0.2, -0.15) is 0 Å². The first-order valence-electron chi connectivity index (χ1n) is 9.18. The maximum Gasteiger partial charge on any atom is 0.223 e. The van der Waals surface area contributed by atoms with E-state index in [0.717, 1.165) is 37.7 Å². The van der Waals surface area contributed by atoms with Gasteiger partial charge in [0.15, 0.2) is 5.75 Å². The van der Waals surface area contributed by atoms with Crippen LogP contribution in [0.3, 0.4) is 0 Å². The molecule has 1 atom stereocenters. The Hall–Kier alpha value is -2.07. The van der Waals surface area contributed by atoms with Gasteiger partial charge < -0.3 is 9.72 Å². The lowest BCUT2D eigenvalue weighted by Crippen LogP contribution is -2.35. The molecule has 0 spiro atoms. The second-order valence-corrected chi connectivity index (χ2v) is 7.10. The number of H-pyrrole nitrogens is 1. The van der Waals surface area contributed by atoms with E-state index in [1.165, 1.54) is 37.5 Å². The van der Waals surface area contributed by atoms with E-state index in [2.05, 4.69) is 41.1 Å². The van der Waals surface area contributed by atoms with E-state index in [1.54, 1.807) is 12.3 Å². The van der Waals surface area contributed by atoms with E-state index in [1.807, 2.05) is 0 Å². The maximum atomic E-state index is 11.9. The van der Waals surface area contributed by atoms with Gasteiger partial charge in [-0.05, 0) is 56.2 Å². The van der Waals surface area contributed by atoms with Crippen molar-refractivity contribution in [3.8, 4) is 5.75 Å². The lowest BCUT2D eigenvalue weighted by atomic mass is 9.90. The average Bonchev–Trinajstić information content (AvgIpc) is 2.62. The van der Waals surface area contributed by atoms with Gasteiger partial charge in [0.05, 0.1) is 7.11 Å². The molecule has 4 heteroatoms. The zero-order valence-electron chi connectivity index (χ0n) is 15.3. The molecular formula is C21H28N2O2. The summed E-state index contributed by atoms with van der Waals surface area (Å²) in [6, 6.07) is 10.3. The van der Waals surface area contributed by atoms with Crippen LogP contribution >= 0.6 is 0 Å². The zero-order valence-corrected chi connectivity index (χ0v) is 15.3. The number of hydrogen-bond acceptors (Lipinski definition) is 3. The number of aromatic amines is 1. The molecule has 2 heterocycles. The van der Waals surface area contributed by atoms with Crippen molar-refractivity contribution >= 4 is 0 Å². The average molecular weight is 340 g/mol. The third-order valence-corrected chi connectivity index (χ3v) is 5.24. The molecule has 0 aliphatic carbocycles. The fourth-order valence-electron chi connectivity index (χ4n) is 3.77. The van der Waals surface area contributed by atoms with Gasteiger partial charge in [-0.1, -0.05) is 24.3 Å². The van der Waals surface area contributed by atoms with Gasteiger partial charge in [-0.25, -0.2) is 0 Å². The molecule has 25 heavy (non-hydrogen) atoms. The minimum absolute atomic E-state index is 0.0515. The standard InChI is InChI=1S/C21H28N2O2/c1-16-6-3-4-8-18(16)10-9-17-7-5-11-23(14-17)15-19-12-20(24)21(25-2)13-22-19/h3-4,6,8,12-13,17H,5,7,9-11,14-15H2,1-2H3,(H,22,24)/t17-/m1/s1. The van der Waals surface area contributed by atoms with Crippen LogP contribution in [0.4, 0.5) is 0 Å². The van der Waals surface area contributed by atoms with Gasteiger partial charge in [0.25, 0.3) is 0 Å². The molecule has 134 valence electrons. The highest BCUT2D eigenvalue weighted by molar-refractivity contribution is 5.25. The van der Waals surface area contributed by atoms with Crippen molar-refractivity contribution in [2.45, 2.75) is 39.2 Å². The molecule has 2 aromatic rings. The Morgan fingerprint density at radius 3 is 2.92 bits per heavy atom. The summed E-state index contributed by atoms with van der Waals surface area (Å²) in [5.74, 6) is 1.11. The van der Waals surface area contributed by atoms with Gasteiger partial charge in [-0.3, -0.25) is 9.69 Å². The van der Waals surface area contributed by atoms with Crippen molar-refractivity contribution in [3.63, 3.8) is 0 Å². The first-order valence-corrected chi connectivity index (χ1v) is 9.18. The molecule has 1 N–H and O–H groups in total. The number of likely N-dealkylation sites (tertiary alicyclic amines) is 1. The fraction of sp³-hybridized carbons (Fsp3) is 0.476. The summed E-state index contributed by atoms with van der Waals surface area (Å²) >= 11 is 0. The fourth-order valence-corrected chi connectivity index (χ4v) is 3.77. The SMILES string of the molecule is COc1c[nH]c(CN2CCC[C@H](CCc3ccccc3C)C2)cc1=O. The smallest absolute Gasteiger partial charge is 0.223 e. The summed E-state index contributed by atoms with van der Waals surface area (Å²) in [5, 5.41) is 0. The monoisotopic (exact) mass is 340 g/mol. The quantitative estimate of drug-likeness (QED) is 0.875. The van der Waals surface area contributed by atoms with Gasteiger partial charge in [0.1, 0.15) is 0 Å². The Kier molecular flexibility index (Phi) is 5.92. The van der Waals surface area contributed by atoms with Crippen LogP contribution in [0.25, 0.3) is 0 Å². The molecule has 1 aliphatic heterocycles. The van der Waals surface area contributed by atoms with Crippen molar-refractivity contribution in [1.82, 2.24) is 9.88 Å². The lowest BCUT2D eigenvalue weighted by Gasteiger charge is -2.32. The van der Waals surface area contributed by atoms with Crippen LogP contribution in [-0.4, -0.2) is 30.1 Å². The largest absolute Gasteiger partial charge is 0.491 e. The Labute approximate surface area is 149 Å². The normalized spacial score (nSPS) is 18.2. The number of nitrogens with zero attached hydrogens (tertiary/aromatic N) is 1. The molecule has 0 unspecified atom stereocenters. The molecule has 1 saturated heterocycles. The first kappa shape index (κ1) is 17.7. The van der Waals surface area contributed by atoms with Crippen LogP contribution in [0.5, 0.6) is 5.75 Å². The summed E-state index contributed by atoms with van der Waals surface area (Å²) in [6.07, 6.45) is 6.60. The van der Waals surface area contributed by atoms with Crippen LogP contribution in [-0.2, 0) is 13.0 Å². The minimum Gasteiger partial charge on any atom is -0.491 e. The number of piperidine rings is 1. The Morgan fingerprint density at radius 1 is 1.32 bits per heavy atom. The number of aromatic nitrogens is 1. The number of nitrogens with one attached hydrogen (secondary N) is 1. The van der Waals surface area contributed by atoms with Gasteiger partial charge in [-0.15, -0.1) is 0 Å². The predicted octanol–water partition coefficient (Wildman–Crippen LogP) is 3.54. The van der Waals surface area contributed by atoms with Crippen LogP contribution in [0, 0.1) is 12.8 Å². The van der Waals surface area contributed by atoms with Crippen molar-refractivity contribution < 1.29 is 4.74 Å². The Bertz CT molecular complexity index is 754. The molecule has 0 radical (unpaired) electrons. The first-order chi connectivity index (χ1) is 12.2. The summed E-state index contributed by atoms with van der Waals surface area (Å²) in [6.45, 7) is 5.22. The van der Waals surface area contributed by atoms with Crippen molar-refractivity contribution in [3.05, 3.63) is 63.6 Å². The number of rotatable bonds is 6. The highest BCUT2D eigenvalue weighted by Crippen LogP contribution is 2.23. The van der Waals surface area contributed by atoms with E-state index in [9.17, 15) is 4.79 Å². The molecule has 0 amide bonds. The minimum atomic E-state index is -0.0515. The predicted molar refractivity (Wildman–Crippen MR) is 101 cm³/mol. The molecule has 1 fully saturated rings. The van der Waals surface area contributed by atoms with Crippen LogP contribution < -0.4 is 10.2 Å². The number of hydrogen-bond donors (Lipinski definition) is 1.